The number of nitrogens with zero attached hydrogens (tertiary/aromatic N) is 3. The minimum absolute atomic E-state index is 0.0177. The Morgan fingerprint density at radius 1 is 1.27 bits per heavy atom. The number of para-hydroxylation sites is 1. The summed E-state index contributed by atoms with van der Waals surface area (Å²) in [5.41, 5.74) is 4.67. The highest BCUT2D eigenvalue weighted by molar-refractivity contribution is 7.23. The molecule has 4 aromatic rings. The Kier molecular flexibility index (Phi) is 5.78. The van der Waals surface area contributed by atoms with Crippen molar-refractivity contribution in [1.29, 1.82) is 0 Å². The number of hydrogen-bond donors (Lipinski definition) is 2. The van der Waals surface area contributed by atoms with Crippen LogP contribution in [0.2, 0.25) is 5.02 Å². The first-order valence-electron chi connectivity index (χ1n) is 9.01. The topological polar surface area (TPSA) is 79.6 Å². The summed E-state index contributed by atoms with van der Waals surface area (Å²) in [6.45, 7) is 2.42. The number of thiophene rings is 1. The predicted molar refractivity (Wildman–Crippen MR) is 118 cm³/mol. The first-order chi connectivity index (χ1) is 14.6. The van der Waals surface area contributed by atoms with Crippen molar-refractivity contribution in [3.05, 3.63) is 65.2 Å². The van der Waals surface area contributed by atoms with Crippen LogP contribution in [0.15, 0.2) is 53.9 Å². The minimum atomic E-state index is -0.492. The van der Waals surface area contributed by atoms with Gasteiger partial charge in [-0.2, -0.15) is 5.10 Å². The van der Waals surface area contributed by atoms with E-state index in [4.69, 9.17) is 16.3 Å². The van der Waals surface area contributed by atoms with E-state index in [0.29, 0.717) is 38.8 Å². The van der Waals surface area contributed by atoms with Crippen molar-refractivity contribution in [3.8, 4) is 21.9 Å². The number of fused-ring (bicyclic) bond motifs is 1. The Morgan fingerprint density at radius 2 is 2.10 bits per heavy atom. The van der Waals surface area contributed by atoms with E-state index in [-0.39, 0.29) is 10.8 Å². The zero-order valence-electron chi connectivity index (χ0n) is 15.8. The predicted octanol–water partition coefficient (Wildman–Crippen LogP) is 5.70. The third-order valence-corrected chi connectivity index (χ3v) is 5.70. The lowest BCUT2D eigenvalue weighted by atomic mass is 10.1. The maximum atomic E-state index is 13.3. The second-order valence-corrected chi connectivity index (χ2v) is 7.58. The molecule has 0 saturated carbocycles. The summed E-state index contributed by atoms with van der Waals surface area (Å²) in [7, 11) is 0. The molecule has 2 N–H and O–H groups in total. The van der Waals surface area contributed by atoms with Crippen molar-refractivity contribution < 1.29 is 14.2 Å². The first-order valence-corrected chi connectivity index (χ1v) is 10.2. The summed E-state index contributed by atoms with van der Waals surface area (Å²) in [5.74, 6) is 0.676. The van der Waals surface area contributed by atoms with E-state index in [2.05, 4.69) is 20.5 Å². The third kappa shape index (κ3) is 3.92. The standard InChI is InChI=1S/C21H16ClFN4O2S/c1-2-29-16-6-4-3-5-13(16)19-18(28)17-20(30-19)21(25-11-24-17)27-26-10-12-7-8-15(23)14(22)9-12/h3-11,28H,2H2,1H3,(H,24,25,27)/b26-10+. The van der Waals surface area contributed by atoms with E-state index in [1.807, 2.05) is 31.2 Å². The van der Waals surface area contributed by atoms with Crippen molar-refractivity contribution in [1.82, 2.24) is 9.97 Å². The van der Waals surface area contributed by atoms with E-state index in [1.54, 1.807) is 6.07 Å². The largest absolute Gasteiger partial charge is 0.504 e. The zero-order chi connectivity index (χ0) is 21.1. The Balaban J connectivity index is 1.68. The molecule has 0 aliphatic heterocycles. The molecular formula is C21H16ClFN4O2S. The molecule has 2 heterocycles. The lowest BCUT2D eigenvalue weighted by Gasteiger charge is -2.08. The molecule has 4 rings (SSSR count). The molecule has 0 aliphatic rings. The summed E-state index contributed by atoms with van der Waals surface area (Å²) in [6, 6.07) is 11.8. The number of ether oxygens (including phenoxy) is 1. The summed E-state index contributed by atoms with van der Waals surface area (Å²) in [6.07, 6.45) is 2.84. The van der Waals surface area contributed by atoms with Crippen molar-refractivity contribution in [2.45, 2.75) is 6.92 Å². The van der Waals surface area contributed by atoms with Crippen molar-refractivity contribution in [3.63, 3.8) is 0 Å². The lowest BCUT2D eigenvalue weighted by Crippen LogP contribution is -1.94. The molecule has 6 nitrogen and oxygen atoms in total. The lowest BCUT2D eigenvalue weighted by molar-refractivity contribution is 0.341. The summed E-state index contributed by atoms with van der Waals surface area (Å²) >= 11 is 7.12. The first kappa shape index (κ1) is 20.1. The fourth-order valence-electron chi connectivity index (χ4n) is 2.86. The number of anilines is 1. The fraction of sp³-hybridized carbons (Fsp3) is 0.0952. The Morgan fingerprint density at radius 3 is 2.90 bits per heavy atom. The second kappa shape index (κ2) is 8.64. The van der Waals surface area contributed by atoms with Gasteiger partial charge < -0.3 is 9.84 Å². The molecule has 0 amide bonds. The summed E-state index contributed by atoms with van der Waals surface area (Å²) in [4.78, 5) is 9.06. The highest BCUT2D eigenvalue weighted by Crippen LogP contribution is 2.47. The number of benzene rings is 2. The van der Waals surface area contributed by atoms with Crippen molar-refractivity contribution >= 4 is 45.2 Å². The van der Waals surface area contributed by atoms with Gasteiger partial charge in [0.05, 0.1) is 22.7 Å². The highest BCUT2D eigenvalue weighted by atomic mass is 35.5. The Hall–Kier alpha value is -3.23. The van der Waals surface area contributed by atoms with Crippen molar-refractivity contribution in [2.24, 2.45) is 5.10 Å². The quantitative estimate of drug-likeness (QED) is 0.295. The average molecular weight is 443 g/mol. The van der Waals surface area contributed by atoms with Crippen LogP contribution in [0, 0.1) is 5.82 Å². The SMILES string of the molecule is CCOc1ccccc1-c1sc2c(N/N=C/c3ccc(F)c(Cl)c3)ncnc2c1O. The molecule has 0 aliphatic carbocycles. The highest BCUT2D eigenvalue weighted by Gasteiger charge is 2.19. The normalized spacial score (nSPS) is 11.3. The van der Waals surface area contributed by atoms with Crippen LogP contribution in [-0.2, 0) is 0 Å². The van der Waals surface area contributed by atoms with Crippen LogP contribution in [0.3, 0.4) is 0 Å². The zero-order valence-corrected chi connectivity index (χ0v) is 17.3. The smallest absolute Gasteiger partial charge is 0.167 e. The molecule has 0 spiro atoms. The molecule has 0 bridgehead atoms. The molecule has 0 saturated heterocycles. The van der Waals surface area contributed by atoms with Gasteiger partial charge in [-0.1, -0.05) is 29.8 Å². The van der Waals surface area contributed by atoms with Gasteiger partial charge >= 0.3 is 0 Å². The van der Waals surface area contributed by atoms with Crippen LogP contribution in [0.25, 0.3) is 20.7 Å². The van der Waals surface area contributed by atoms with Gasteiger partial charge in [0.1, 0.15) is 28.1 Å². The summed E-state index contributed by atoms with van der Waals surface area (Å²) < 4.78 is 19.6. The van der Waals surface area contributed by atoms with Gasteiger partial charge in [0.15, 0.2) is 11.6 Å². The number of hydrogen-bond acceptors (Lipinski definition) is 7. The van der Waals surface area contributed by atoms with Crippen LogP contribution in [0.1, 0.15) is 12.5 Å². The Labute approximate surface area is 180 Å². The minimum Gasteiger partial charge on any atom is -0.504 e. The molecule has 0 atom stereocenters. The number of aromatic hydroxyl groups is 1. The van der Waals surface area contributed by atoms with Gasteiger partial charge in [-0.15, -0.1) is 11.3 Å². The Bertz CT molecular complexity index is 1250. The maximum absolute atomic E-state index is 13.3. The molecule has 152 valence electrons. The molecule has 2 aromatic carbocycles. The maximum Gasteiger partial charge on any atom is 0.167 e. The van der Waals surface area contributed by atoms with Crippen LogP contribution in [0.4, 0.5) is 10.2 Å². The second-order valence-electron chi connectivity index (χ2n) is 6.15. The third-order valence-electron chi connectivity index (χ3n) is 4.21. The van der Waals surface area contributed by atoms with Crippen LogP contribution < -0.4 is 10.2 Å². The molecule has 0 fully saturated rings. The number of aromatic nitrogens is 2. The number of rotatable bonds is 6. The monoisotopic (exact) mass is 442 g/mol. The van der Waals surface area contributed by atoms with Gasteiger partial charge in [-0.25, -0.2) is 14.4 Å². The number of hydrazone groups is 1. The molecular weight excluding hydrogens is 427 g/mol. The molecule has 2 aromatic heterocycles. The number of halogens is 2. The van der Waals surface area contributed by atoms with Crippen LogP contribution in [-0.4, -0.2) is 27.9 Å². The van der Waals surface area contributed by atoms with Crippen LogP contribution >= 0.6 is 22.9 Å². The van der Waals surface area contributed by atoms with Gasteiger partial charge in [-0.3, -0.25) is 5.43 Å². The van der Waals surface area contributed by atoms with E-state index in [9.17, 15) is 9.50 Å². The molecule has 9 heteroatoms. The van der Waals surface area contributed by atoms with E-state index in [0.717, 1.165) is 5.56 Å². The van der Waals surface area contributed by atoms with Gasteiger partial charge in [0, 0.05) is 5.56 Å². The van der Waals surface area contributed by atoms with Crippen molar-refractivity contribution in [2.75, 3.05) is 12.0 Å². The fourth-order valence-corrected chi connectivity index (χ4v) is 4.16. The van der Waals surface area contributed by atoms with E-state index in [1.165, 1.54) is 36.0 Å². The van der Waals surface area contributed by atoms with Gasteiger partial charge in [0.25, 0.3) is 0 Å². The van der Waals surface area contributed by atoms with E-state index < -0.39 is 5.82 Å². The van der Waals surface area contributed by atoms with Crippen LogP contribution in [0.5, 0.6) is 11.5 Å². The molecule has 0 radical (unpaired) electrons. The molecule has 30 heavy (non-hydrogen) atoms. The van der Waals surface area contributed by atoms with Gasteiger partial charge in [0.2, 0.25) is 0 Å². The number of nitrogens with one attached hydrogen (secondary N) is 1. The van der Waals surface area contributed by atoms with Gasteiger partial charge in [-0.05, 0) is 36.8 Å². The average Bonchev–Trinajstić information content (AvgIpc) is 3.09. The van der Waals surface area contributed by atoms with E-state index >= 15 is 0 Å². The summed E-state index contributed by atoms with van der Waals surface area (Å²) in [5, 5.41) is 14.9. The molecule has 0 unspecified atom stereocenters.